The van der Waals surface area contributed by atoms with Crippen molar-refractivity contribution >= 4 is 0 Å². The molecule has 0 spiro atoms. The molecule has 0 aliphatic heterocycles. The second-order valence-corrected chi connectivity index (χ2v) is 4.91. The minimum absolute atomic E-state index is 0.359. The van der Waals surface area contributed by atoms with Gasteiger partial charge in [0.15, 0.2) is 0 Å². The Bertz CT molecular complexity index is 320. The van der Waals surface area contributed by atoms with E-state index in [9.17, 15) is 0 Å². The van der Waals surface area contributed by atoms with Gasteiger partial charge in [0.1, 0.15) is 5.75 Å². The van der Waals surface area contributed by atoms with Gasteiger partial charge in [0, 0.05) is 18.4 Å². The minimum Gasteiger partial charge on any atom is -0.490 e. The van der Waals surface area contributed by atoms with Crippen molar-refractivity contribution in [3.8, 4) is 5.75 Å². The number of rotatable bonds is 4. The van der Waals surface area contributed by atoms with Crippen LogP contribution < -0.4 is 10.5 Å². The van der Waals surface area contributed by atoms with Gasteiger partial charge in [-0.3, -0.25) is 4.98 Å². The van der Waals surface area contributed by atoms with Crippen LogP contribution in [0.15, 0.2) is 24.5 Å². The Kier molecular flexibility index (Phi) is 4.37. The molecule has 2 rings (SSSR count). The fourth-order valence-electron chi connectivity index (χ4n) is 2.58. The third kappa shape index (κ3) is 3.43. The van der Waals surface area contributed by atoms with Crippen LogP contribution in [0.5, 0.6) is 5.75 Å². The zero-order valence-corrected chi connectivity index (χ0v) is 10.5. The number of nitrogens with zero attached hydrogens (tertiary/aromatic N) is 1. The molecule has 94 valence electrons. The van der Waals surface area contributed by atoms with E-state index in [0.29, 0.717) is 18.1 Å². The van der Waals surface area contributed by atoms with Gasteiger partial charge >= 0.3 is 0 Å². The van der Waals surface area contributed by atoms with Gasteiger partial charge in [0.2, 0.25) is 0 Å². The fraction of sp³-hybridized carbons (Fsp3) is 0.643. The predicted molar refractivity (Wildman–Crippen MR) is 68.9 cm³/mol. The number of ether oxygens (including phenoxy) is 1. The summed E-state index contributed by atoms with van der Waals surface area (Å²) in [5.74, 6) is 1.63. The Morgan fingerprint density at radius 2 is 1.94 bits per heavy atom. The van der Waals surface area contributed by atoms with Crippen molar-refractivity contribution in [2.24, 2.45) is 11.7 Å². The standard InChI is InChI=1S/C14H22N2O/c1-2-14(15)11-3-5-12(6-4-11)17-13-7-9-16-10-8-13/h7-12,14H,2-6,15H2,1H3. The van der Waals surface area contributed by atoms with Gasteiger partial charge in [-0.1, -0.05) is 6.92 Å². The van der Waals surface area contributed by atoms with Crippen molar-refractivity contribution in [1.29, 1.82) is 0 Å². The number of hydrogen-bond donors (Lipinski definition) is 1. The second-order valence-electron chi connectivity index (χ2n) is 4.91. The molecule has 1 saturated carbocycles. The molecule has 0 amide bonds. The van der Waals surface area contributed by atoms with Crippen molar-refractivity contribution in [2.75, 3.05) is 0 Å². The van der Waals surface area contributed by atoms with Gasteiger partial charge in [0.05, 0.1) is 6.10 Å². The summed E-state index contributed by atoms with van der Waals surface area (Å²) in [4.78, 5) is 3.99. The van der Waals surface area contributed by atoms with Gasteiger partial charge in [-0.15, -0.1) is 0 Å². The summed E-state index contributed by atoms with van der Waals surface area (Å²) in [5.41, 5.74) is 6.10. The molecule has 1 aromatic rings. The summed E-state index contributed by atoms with van der Waals surface area (Å²) < 4.78 is 5.94. The molecule has 1 aliphatic rings. The summed E-state index contributed by atoms with van der Waals surface area (Å²) in [7, 11) is 0. The topological polar surface area (TPSA) is 48.1 Å². The average Bonchev–Trinajstić information content (AvgIpc) is 2.40. The third-order valence-corrected chi connectivity index (χ3v) is 3.75. The van der Waals surface area contributed by atoms with Gasteiger partial charge in [-0.05, 0) is 50.2 Å². The maximum Gasteiger partial charge on any atom is 0.122 e. The van der Waals surface area contributed by atoms with Crippen LogP contribution >= 0.6 is 0 Å². The Hall–Kier alpha value is -1.09. The number of aromatic nitrogens is 1. The molecule has 1 atom stereocenters. The molecule has 3 nitrogen and oxygen atoms in total. The summed E-state index contributed by atoms with van der Waals surface area (Å²) in [6.07, 6.45) is 9.64. The molecule has 2 N–H and O–H groups in total. The van der Waals surface area contributed by atoms with Crippen LogP contribution in [0.2, 0.25) is 0 Å². The van der Waals surface area contributed by atoms with Crippen LogP contribution in [-0.4, -0.2) is 17.1 Å². The number of nitrogens with two attached hydrogens (primary N) is 1. The van der Waals surface area contributed by atoms with Gasteiger partial charge < -0.3 is 10.5 Å². The van der Waals surface area contributed by atoms with Crippen LogP contribution in [-0.2, 0) is 0 Å². The number of pyridine rings is 1. The Morgan fingerprint density at radius 1 is 1.29 bits per heavy atom. The van der Waals surface area contributed by atoms with E-state index < -0.39 is 0 Å². The van der Waals surface area contributed by atoms with E-state index in [1.165, 1.54) is 12.8 Å². The first-order valence-corrected chi connectivity index (χ1v) is 6.62. The predicted octanol–water partition coefficient (Wildman–Crippen LogP) is 2.76. The molecule has 1 aromatic heterocycles. The summed E-state index contributed by atoms with van der Waals surface area (Å²) >= 11 is 0. The molecule has 1 aliphatic carbocycles. The molecule has 0 aromatic carbocycles. The summed E-state index contributed by atoms with van der Waals surface area (Å²) in [6.45, 7) is 2.17. The Labute approximate surface area is 103 Å². The molecule has 1 unspecified atom stereocenters. The van der Waals surface area contributed by atoms with Crippen molar-refractivity contribution in [3.63, 3.8) is 0 Å². The Balaban J connectivity index is 1.80. The first-order valence-electron chi connectivity index (χ1n) is 6.62. The van der Waals surface area contributed by atoms with E-state index in [1.807, 2.05) is 12.1 Å². The molecule has 3 heteroatoms. The van der Waals surface area contributed by atoms with Crippen molar-refractivity contribution in [2.45, 2.75) is 51.2 Å². The fourth-order valence-corrected chi connectivity index (χ4v) is 2.58. The SMILES string of the molecule is CCC(N)C1CCC(Oc2ccncc2)CC1. The normalized spacial score (nSPS) is 26.5. The van der Waals surface area contributed by atoms with Crippen molar-refractivity contribution in [3.05, 3.63) is 24.5 Å². The second kappa shape index (κ2) is 6.01. The molecule has 17 heavy (non-hydrogen) atoms. The lowest BCUT2D eigenvalue weighted by Crippen LogP contribution is -2.35. The average molecular weight is 234 g/mol. The van der Waals surface area contributed by atoms with E-state index >= 15 is 0 Å². The van der Waals surface area contributed by atoms with E-state index in [1.54, 1.807) is 12.4 Å². The van der Waals surface area contributed by atoms with Crippen LogP contribution in [0.1, 0.15) is 39.0 Å². The van der Waals surface area contributed by atoms with E-state index in [-0.39, 0.29) is 0 Å². The molecule has 1 fully saturated rings. The third-order valence-electron chi connectivity index (χ3n) is 3.75. The molecule has 0 bridgehead atoms. The highest BCUT2D eigenvalue weighted by Gasteiger charge is 2.25. The van der Waals surface area contributed by atoms with Crippen molar-refractivity contribution in [1.82, 2.24) is 4.98 Å². The molecule has 1 heterocycles. The highest BCUT2D eigenvalue weighted by molar-refractivity contribution is 5.17. The Morgan fingerprint density at radius 3 is 2.53 bits per heavy atom. The largest absolute Gasteiger partial charge is 0.490 e. The molecular formula is C14H22N2O. The van der Waals surface area contributed by atoms with Crippen molar-refractivity contribution < 1.29 is 4.74 Å². The monoisotopic (exact) mass is 234 g/mol. The lowest BCUT2D eigenvalue weighted by molar-refractivity contribution is 0.122. The first kappa shape index (κ1) is 12.4. The van der Waals surface area contributed by atoms with Crippen LogP contribution in [0.4, 0.5) is 0 Å². The van der Waals surface area contributed by atoms with Gasteiger partial charge in [-0.2, -0.15) is 0 Å². The highest BCUT2D eigenvalue weighted by Crippen LogP contribution is 2.29. The highest BCUT2D eigenvalue weighted by atomic mass is 16.5. The number of hydrogen-bond acceptors (Lipinski definition) is 3. The lowest BCUT2D eigenvalue weighted by atomic mass is 9.82. The van der Waals surface area contributed by atoms with Crippen LogP contribution in [0, 0.1) is 5.92 Å². The van der Waals surface area contributed by atoms with E-state index in [0.717, 1.165) is 25.0 Å². The lowest BCUT2D eigenvalue weighted by Gasteiger charge is -2.31. The maximum atomic E-state index is 6.10. The maximum absolute atomic E-state index is 6.10. The molecule has 0 saturated heterocycles. The minimum atomic E-state index is 0.359. The van der Waals surface area contributed by atoms with Crippen LogP contribution in [0.3, 0.4) is 0 Å². The summed E-state index contributed by atoms with van der Waals surface area (Å²) in [6, 6.07) is 4.21. The first-order chi connectivity index (χ1) is 8.29. The van der Waals surface area contributed by atoms with E-state index in [4.69, 9.17) is 10.5 Å². The smallest absolute Gasteiger partial charge is 0.122 e. The zero-order chi connectivity index (χ0) is 12.1. The van der Waals surface area contributed by atoms with Gasteiger partial charge in [0.25, 0.3) is 0 Å². The molecular weight excluding hydrogens is 212 g/mol. The van der Waals surface area contributed by atoms with Gasteiger partial charge in [-0.25, -0.2) is 0 Å². The quantitative estimate of drug-likeness (QED) is 0.871. The zero-order valence-electron chi connectivity index (χ0n) is 10.5. The summed E-state index contributed by atoms with van der Waals surface area (Å²) in [5, 5.41) is 0. The molecule has 0 radical (unpaired) electrons. The van der Waals surface area contributed by atoms with E-state index in [2.05, 4.69) is 11.9 Å². The van der Waals surface area contributed by atoms with Crippen LogP contribution in [0.25, 0.3) is 0 Å².